The monoisotopic (exact) mass is 898 g/mol. The molecule has 0 saturated heterocycles. The normalized spacial score (nSPS) is 13.0. The van der Waals surface area contributed by atoms with Crippen molar-refractivity contribution in [1.29, 1.82) is 0 Å². The number of unbranched alkanes of at least 4 members (excludes halogenated alkanes) is 43. The van der Waals surface area contributed by atoms with Crippen molar-refractivity contribution >= 4 is 5.91 Å². The molecule has 0 rings (SSSR count). The SMILES string of the molecule is CCCCCCCCCCC/C=C/CC/C=C/CC/C=C/C(O)C(CO)NC(=O)CCCCCCCCCCCCCCCCCCCCCCCCCCCCCCCCCCC. The molecule has 4 nitrogen and oxygen atoms in total. The Balaban J connectivity index is 3.45. The number of hydrogen-bond acceptors (Lipinski definition) is 3. The molecule has 0 fully saturated rings. The van der Waals surface area contributed by atoms with Gasteiger partial charge in [0.05, 0.1) is 18.8 Å². The summed E-state index contributed by atoms with van der Waals surface area (Å²) >= 11 is 0. The van der Waals surface area contributed by atoms with Crippen LogP contribution in [0.15, 0.2) is 36.5 Å². The third-order valence-electron chi connectivity index (χ3n) is 13.6. The molecule has 0 aliphatic rings. The average Bonchev–Trinajstić information content (AvgIpc) is 3.30. The standard InChI is InChI=1S/C60H115NO3/c1-3-5-7-9-11-13-15-17-19-21-23-24-25-26-27-28-29-30-31-32-33-34-35-36-38-40-42-44-46-48-50-52-54-56-60(64)61-58(57-62)59(63)55-53-51-49-47-45-43-41-39-37-22-20-18-16-14-12-10-8-6-4-2/h37,39,45,47,53,55,58-59,62-63H,3-36,38,40-44,46,48-52,54,56-57H2,1-2H3,(H,61,64)/b39-37+,47-45+,55-53+. The van der Waals surface area contributed by atoms with Gasteiger partial charge in [0.25, 0.3) is 0 Å². The second-order valence-electron chi connectivity index (χ2n) is 20.1. The van der Waals surface area contributed by atoms with Crippen LogP contribution < -0.4 is 5.32 Å². The fourth-order valence-electron chi connectivity index (χ4n) is 9.16. The third-order valence-corrected chi connectivity index (χ3v) is 13.6. The van der Waals surface area contributed by atoms with E-state index in [1.165, 1.54) is 263 Å². The first kappa shape index (κ1) is 62.6. The van der Waals surface area contributed by atoms with Gasteiger partial charge in [-0.15, -0.1) is 0 Å². The van der Waals surface area contributed by atoms with E-state index in [0.717, 1.165) is 38.5 Å². The summed E-state index contributed by atoms with van der Waals surface area (Å²) in [6.45, 7) is 4.32. The van der Waals surface area contributed by atoms with E-state index in [1.807, 2.05) is 6.08 Å². The highest BCUT2D eigenvalue weighted by molar-refractivity contribution is 5.76. The minimum Gasteiger partial charge on any atom is -0.394 e. The molecule has 378 valence electrons. The van der Waals surface area contributed by atoms with E-state index in [4.69, 9.17) is 0 Å². The quantitative estimate of drug-likeness (QED) is 0.0421. The summed E-state index contributed by atoms with van der Waals surface area (Å²) in [6.07, 6.45) is 76.1. The van der Waals surface area contributed by atoms with E-state index in [9.17, 15) is 15.0 Å². The molecule has 0 aromatic heterocycles. The van der Waals surface area contributed by atoms with Crippen LogP contribution in [-0.4, -0.2) is 34.9 Å². The molecule has 2 unspecified atom stereocenters. The fraction of sp³-hybridized carbons (Fsp3) is 0.883. The van der Waals surface area contributed by atoms with Crippen molar-refractivity contribution in [3.8, 4) is 0 Å². The van der Waals surface area contributed by atoms with Crippen molar-refractivity contribution in [3.63, 3.8) is 0 Å². The van der Waals surface area contributed by atoms with Crippen molar-refractivity contribution < 1.29 is 15.0 Å². The van der Waals surface area contributed by atoms with Gasteiger partial charge in [-0.3, -0.25) is 4.79 Å². The zero-order valence-electron chi connectivity index (χ0n) is 43.6. The van der Waals surface area contributed by atoms with Gasteiger partial charge in [-0.1, -0.05) is 307 Å². The first-order valence-electron chi connectivity index (χ1n) is 29.2. The molecule has 3 N–H and O–H groups in total. The first-order valence-corrected chi connectivity index (χ1v) is 29.2. The van der Waals surface area contributed by atoms with Crippen molar-refractivity contribution in [2.24, 2.45) is 0 Å². The van der Waals surface area contributed by atoms with Crippen molar-refractivity contribution in [2.45, 2.75) is 334 Å². The number of carbonyl (C=O) groups is 1. The topological polar surface area (TPSA) is 69.6 Å². The fourth-order valence-corrected chi connectivity index (χ4v) is 9.16. The van der Waals surface area contributed by atoms with Gasteiger partial charge < -0.3 is 15.5 Å². The molecule has 0 heterocycles. The van der Waals surface area contributed by atoms with Gasteiger partial charge in [0, 0.05) is 6.42 Å². The largest absolute Gasteiger partial charge is 0.394 e. The van der Waals surface area contributed by atoms with Gasteiger partial charge in [-0.25, -0.2) is 0 Å². The molecule has 0 aromatic carbocycles. The van der Waals surface area contributed by atoms with Crippen LogP contribution in [0.3, 0.4) is 0 Å². The molecule has 0 spiro atoms. The van der Waals surface area contributed by atoms with E-state index < -0.39 is 12.1 Å². The van der Waals surface area contributed by atoms with Crippen molar-refractivity contribution in [1.82, 2.24) is 5.32 Å². The van der Waals surface area contributed by atoms with Crippen LogP contribution in [0.4, 0.5) is 0 Å². The van der Waals surface area contributed by atoms with Gasteiger partial charge in [0.1, 0.15) is 0 Å². The Labute approximate surface area is 402 Å². The molecule has 0 radical (unpaired) electrons. The lowest BCUT2D eigenvalue weighted by Crippen LogP contribution is -2.45. The van der Waals surface area contributed by atoms with Crippen LogP contribution >= 0.6 is 0 Å². The lowest BCUT2D eigenvalue weighted by molar-refractivity contribution is -0.123. The van der Waals surface area contributed by atoms with Crippen LogP contribution in [0.25, 0.3) is 0 Å². The molecular formula is C60H115NO3. The minimum atomic E-state index is -0.869. The summed E-state index contributed by atoms with van der Waals surface area (Å²) in [5.41, 5.74) is 0. The molecule has 4 heteroatoms. The highest BCUT2D eigenvalue weighted by Gasteiger charge is 2.18. The highest BCUT2D eigenvalue weighted by atomic mass is 16.3. The molecule has 0 aliphatic carbocycles. The molecule has 64 heavy (non-hydrogen) atoms. The summed E-state index contributed by atoms with van der Waals surface area (Å²) in [6, 6.07) is -0.644. The van der Waals surface area contributed by atoms with E-state index in [2.05, 4.69) is 43.5 Å². The molecule has 0 aliphatic heterocycles. The Morgan fingerprint density at radius 2 is 0.609 bits per heavy atom. The van der Waals surface area contributed by atoms with E-state index in [-0.39, 0.29) is 12.5 Å². The molecule has 0 saturated carbocycles. The molecular weight excluding hydrogens is 783 g/mol. The molecule has 1 amide bonds. The van der Waals surface area contributed by atoms with Gasteiger partial charge in [0.15, 0.2) is 0 Å². The zero-order chi connectivity index (χ0) is 46.3. The van der Waals surface area contributed by atoms with Crippen LogP contribution in [0.5, 0.6) is 0 Å². The van der Waals surface area contributed by atoms with Crippen molar-refractivity contribution in [2.75, 3.05) is 6.61 Å². The number of carbonyl (C=O) groups excluding carboxylic acids is 1. The Morgan fingerprint density at radius 3 is 0.906 bits per heavy atom. The number of rotatable bonds is 54. The third kappa shape index (κ3) is 51.6. The maximum absolute atomic E-state index is 12.5. The Bertz CT molecular complexity index is 974. The molecule has 0 bridgehead atoms. The Kier molecular flexibility index (Phi) is 54.7. The minimum absolute atomic E-state index is 0.0719. The predicted octanol–water partition coefficient (Wildman–Crippen LogP) is 19.3. The number of aliphatic hydroxyl groups is 2. The molecule has 0 aromatic rings. The molecule has 2 atom stereocenters. The number of hydrogen-bond donors (Lipinski definition) is 3. The van der Waals surface area contributed by atoms with Crippen LogP contribution in [0, 0.1) is 0 Å². The smallest absolute Gasteiger partial charge is 0.220 e. The number of aliphatic hydroxyl groups excluding tert-OH is 2. The summed E-state index contributed by atoms with van der Waals surface area (Å²) in [4.78, 5) is 12.5. The predicted molar refractivity (Wildman–Crippen MR) is 285 cm³/mol. The maximum atomic E-state index is 12.5. The average molecular weight is 899 g/mol. The zero-order valence-corrected chi connectivity index (χ0v) is 43.6. The lowest BCUT2D eigenvalue weighted by Gasteiger charge is -2.19. The highest BCUT2D eigenvalue weighted by Crippen LogP contribution is 2.18. The van der Waals surface area contributed by atoms with Gasteiger partial charge in [-0.05, 0) is 44.9 Å². The summed E-state index contributed by atoms with van der Waals surface area (Å²) in [5.74, 6) is -0.0719. The summed E-state index contributed by atoms with van der Waals surface area (Å²) < 4.78 is 0. The second kappa shape index (κ2) is 55.9. The maximum Gasteiger partial charge on any atom is 0.220 e. The number of allylic oxidation sites excluding steroid dienone is 5. The number of nitrogens with one attached hydrogen (secondary N) is 1. The Morgan fingerprint density at radius 1 is 0.359 bits per heavy atom. The van der Waals surface area contributed by atoms with E-state index in [1.54, 1.807) is 6.08 Å². The van der Waals surface area contributed by atoms with Gasteiger partial charge >= 0.3 is 0 Å². The van der Waals surface area contributed by atoms with E-state index in [0.29, 0.717) is 6.42 Å². The number of amides is 1. The lowest BCUT2D eigenvalue weighted by atomic mass is 10.0. The van der Waals surface area contributed by atoms with Crippen LogP contribution in [-0.2, 0) is 4.79 Å². The Hall–Kier alpha value is -1.39. The van der Waals surface area contributed by atoms with Crippen LogP contribution in [0.1, 0.15) is 322 Å². The summed E-state index contributed by atoms with van der Waals surface area (Å²) in [5, 5.41) is 23.1. The van der Waals surface area contributed by atoms with Gasteiger partial charge in [0.2, 0.25) is 5.91 Å². The second-order valence-corrected chi connectivity index (χ2v) is 20.1. The first-order chi connectivity index (χ1) is 31.7. The van der Waals surface area contributed by atoms with E-state index >= 15 is 0 Å². The summed E-state index contributed by atoms with van der Waals surface area (Å²) in [7, 11) is 0. The van der Waals surface area contributed by atoms with Crippen LogP contribution in [0.2, 0.25) is 0 Å². The van der Waals surface area contributed by atoms with Crippen molar-refractivity contribution in [3.05, 3.63) is 36.5 Å². The van der Waals surface area contributed by atoms with Gasteiger partial charge in [-0.2, -0.15) is 0 Å².